The Morgan fingerprint density at radius 3 is 2.12 bits per heavy atom. The largest absolute Gasteiger partial charge is 0.0654 e. The molecule has 1 fully saturated rings. The first-order valence-electron chi connectivity index (χ1n) is 8.12. The Kier molecular flexibility index (Phi) is 6.59. The fraction of sp³-hybridized carbons (Fsp3) is 1.00. The summed E-state index contributed by atoms with van der Waals surface area (Å²) in [7, 11) is 0. The van der Waals surface area contributed by atoms with E-state index < -0.39 is 0 Å². The standard InChI is InChI=1S/C17H34/c1-6-9-16-11-13(4)10-15(7-2)12-14(5)17(16)8-3/h13-17H,6-12H2,1-5H3. The molecule has 5 atom stereocenters. The Labute approximate surface area is 110 Å². The molecule has 0 bridgehead atoms. The SMILES string of the molecule is CCCC1CC(C)CC(CC)CC(C)C1CC. The molecule has 102 valence electrons. The summed E-state index contributed by atoms with van der Waals surface area (Å²) in [5, 5.41) is 0. The van der Waals surface area contributed by atoms with E-state index >= 15 is 0 Å². The summed E-state index contributed by atoms with van der Waals surface area (Å²) < 4.78 is 0. The summed E-state index contributed by atoms with van der Waals surface area (Å²) in [4.78, 5) is 0. The van der Waals surface area contributed by atoms with Gasteiger partial charge < -0.3 is 0 Å². The van der Waals surface area contributed by atoms with Gasteiger partial charge in [0.2, 0.25) is 0 Å². The second kappa shape index (κ2) is 7.44. The van der Waals surface area contributed by atoms with Crippen molar-refractivity contribution >= 4 is 0 Å². The van der Waals surface area contributed by atoms with Gasteiger partial charge in [-0.25, -0.2) is 0 Å². The molecule has 0 spiro atoms. The second-order valence-corrected chi connectivity index (χ2v) is 6.68. The van der Waals surface area contributed by atoms with E-state index in [0.29, 0.717) is 0 Å². The average Bonchev–Trinajstić information content (AvgIpc) is 2.27. The van der Waals surface area contributed by atoms with Crippen LogP contribution in [0.15, 0.2) is 0 Å². The van der Waals surface area contributed by atoms with Gasteiger partial charge in [-0.3, -0.25) is 0 Å². The first kappa shape index (κ1) is 15.1. The van der Waals surface area contributed by atoms with Crippen molar-refractivity contribution in [2.45, 2.75) is 79.6 Å². The predicted molar refractivity (Wildman–Crippen MR) is 78.1 cm³/mol. The molecule has 0 heteroatoms. The van der Waals surface area contributed by atoms with Crippen molar-refractivity contribution in [2.75, 3.05) is 0 Å². The van der Waals surface area contributed by atoms with Crippen LogP contribution < -0.4 is 0 Å². The van der Waals surface area contributed by atoms with Gasteiger partial charge in [-0.2, -0.15) is 0 Å². The van der Waals surface area contributed by atoms with Crippen molar-refractivity contribution in [2.24, 2.45) is 29.6 Å². The van der Waals surface area contributed by atoms with Gasteiger partial charge in [0.15, 0.2) is 0 Å². The summed E-state index contributed by atoms with van der Waals surface area (Å²) in [5.74, 6) is 4.91. The lowest BCUT2D eigenvalue weighted by Crippen LogP contribution is -2.28. The zero-order valence-electron chi connectivity index (χ0n) is 12.8. The molecule has 1 aliphatic carbocycles. The van der Waals surface area contributed by atoms with Crippen LogP contribution in [0.25, 0.3) is 0 Å². The van der Waals surface area contributed by atoms with Crippen LogP contribution in [-0.2, 0) is 0 Å². The van der Waals surface area contributed by atoms with Crippen molar-refractivity contribution in [1.82, 2.24) is 0 Å². The third kappa shape index (κ3) is 4.30. The number of hydrogen-bond acceptors (Lipinski definition) is 0. The molecule has 0 heterocycles. The van der Waals surface area contributed by atoms with E-state index in [9.17, 15) is 0 Å². The molecule has 0 amide bonds. The molecule has 0 nitrogen and oxygen atoms in total. The predicted octanol–water partition coefficient (Wildman–Crippen LogP) is 5.91. The van der Waals surface area contributed by atoms with Crippen LogP contribution in [0.3, 0.4) is 0 Å². The van der Waals surface area contributed by atoms with Crippen LogP contribution in [0.1, 0.15) is 79.6 Å². The van der Waals surface area contributed by atoms with Gasteiger partial charge >= 0.3 is 0 Å². The Morgan fingerprint density at radius 1 is 0.882 bits per heavy atom. The van der Waals surface area contributed by atoms with Gasteiger partial charge in [-0.15, -0.1) is 0 Å². The minimum atomic E-state index is 0.953. The fourth-order valence-corrected chi connectivity index (χ4v) is 4.39. The van der Waals surface area contributed by atoms with Crippen LogP contribution in [0.2, 0.25) is 0 Å². The quantitative estimate of drug-likeness (QED) is 0.571. The monoisotopic (exact) mass is 238 g/mol. The van der Waals surface area contributed by atoms with Crippen molar-refractivity contribution in [1.29, 1.82) is 0 Å². The van der Waals surface area contributed by atoms with Gasteiger partial charge in [0.1, 0.15) is 0 Å². The van der Waals surface area contributed by atoms with Gasteiger partial charge in [0, 0.05) is 0 Å². The van der Waals surface area contributed by atoms with Crippen LogP contribution in [0.4, 0.5) is 0 Å². The zero-order chi connectivity index (χ0) is 12.8. The molecule has 0 saturated heterocycles. The van der Waals surface area contributed by atoms with E-state index in [1.165, 1.54) is 44.9 Å². The summed E-state index contributed by atoms with van der Waals surface area (Å²) in [6, 6.07) is 0. The van der Waals surface area contributed by atoms with Crippen LogP contribution in [-0.4, -0.2) is 0 Å². The van der Waals surface area contributed by atoms with E-state index in [-0.39, 0.29) is 0 Å². The lowest BCUT2D eigenvalue weighted by Gasteiger charge is -2.38. The van der Waals surface area contributed by atoms with Crippen LogP contribution >= 0.6 is 0 Å². The van der Waals surface area contributed by atoms with E-state index in [2.05, 4.69) is 34.6 Å². The lowest BCUT2D eigenvalue weighted by molar-refractivity contribution is 0.123. The van der Waals surface area contributed by atoms with Gasteiger partial charge in [-0.05, 0) is 48.9 Å². The molecular formula is C17H34. The molecule has 1 aliphatic rings. The number of rotatable bonds is 4. The van der Waals surface area contributed by atoms with Crippen molar-refractivity contribution < 1.29 is 0 Å². The van der Waals surface area contributed by atoms with E-state index in [0.717, 1.165) is 29.6 Å². The topological polar surface area (TPSA) is 0 Å². The summed E-state index contributed by atoms with van der Waals surface area (Å²) in [6.07, 6.45) is 10.1. The highest BCUT2D eigenvalue weighted by Gasteiger charge is 2.30. The third-order valence-electron chi connectivity index (χ3n) is 5.19. The third-order valence-corrected chi connectivity index (χ3v) is 5.19. The van der Waals surface area contributed by atoms with E-state index in [4.69, 9.17) is 0 Å². The fourth-order valence-electron chi connectivity index (χ4n) is 4.39. The highest BCUT2D eigenvalue weighted by molar-refractivity contribution is 4.81. The molecule has 1 saturated carbocycles. The number of hydrogen-bond donors (Lipinski definition) is 0. The smallest absolute Gasteiger partial charge is 0.0362 e. The van der Waals surface area contributed by atoms with Gasteiger partial charge in [0.05, 0.1) is 0 Å². The molecule has 0 aromatic rings. The average molecular weight is 238 g/mol. The Bertz CT molecular complexity index is 196. The molecule has 0 radical (unpaired) electrons. The van der Waals surface area contributed by atoms with Gasteiger partial charge in [-0.1, -0.05) is 60.3 Å². The molecule has 0 N–H and O–H groups in total. The summed E-state index contributed by atoms with van der Waals surface area (Å²) in [5.41, 5.74) is 0. The van der Waals surface area contributed by atoms with E-state index in [1.807, 2.05) is 0 Å². The second-order valence-electron chi connectivity index (χ2n) is 6.68. The summed E-state index contributed by atoms with van der Waals surface area (Å²) >= 11 is 0. The lowest BCUT2D eigenvalue weighted by atomic mass is 9.67. The van der Waals surface area contributed by atoms with Crippen molar-refractivity contribution in [3.05, 3.63) is 0 Å². The maximum absolute atomic E-state index is 2.52. The normalized spacial score (nSPS) is 39.7. The maximum atomic E-state index is 2.52. The molecule has 5 unspecified atom stereocenters. The minimum Gasteiger partial charge on any atom is -0.0654 e. The van der Waals surface area contributed by atoms with Crippen molar-refractivity contribution in [3.63, 3.8) is 0 Å². The molecular weight excluding hydrogens is 204 g/mol. The van der Waals surface area contributed by atoms with Crippen LogP contribution in [0.5, 0.6) is 0 Å². The molecule has 17 heavy (non-hydrogen) atoms. The van der Waals surface area contributed by atoms with Crippen LogP contribution in [0, 0.1) is 29.6 Å². The molecule has 0 aromatic carbocycles. The maximum Gasteiger partial charge on any atom is -0.0362 e. The highest BCUT2D eigenvalue weighted by Crippen LogP contribution is 2.41. The Balaban J connectivity index is 2.73. The zero-order valence-corrected chi connectivity index (χ0v) is 12.8. The Morgan fingerprint density at radius 2 is 1.59 bits per heavy atom. The van der Waals surface area contributed by atoms with Gasteiger partial charge in [0.25, 0.3) is 0 Å². The highest BCUT2D eigenvalue weighted by atomic mass is 14.4. The molecule has 0 aromatic heterocycles. The van der Waals surface area contributed by atoms with E-state index in [1.54, 1.807) is 0 Å². The minimum absolute atomic E-state index is 0.953. The molecule has 1 rings (SSSR count). The first-order chi connectivity index (χ1) is 8.12. The Hall–Kier alpha value is 0. The van der Waals surface area contributed by atoms with Crippen molar-refractivity contribution in [3.8, 4) is 0 Å². The first-order valence-corrected chi connectivity index (χ1v) is 8.12. The molecule has 0 aliphatic heterocycles. The summed E-state index contributed by atoms with van der Waals surface area (Å²) in [6.45, 7) is 12.2.